The van der Waals surface area contributed by atoms with E-state index in [2.05, 4.69) is 39.2 Å². The second-order valence-electron chi connectivity index (χ2n) is 7.93. The molecule has 1 fully saturated rings. The molecule has 2 aromatic rings. The lowest BCUT2D eigenvalue weighted by molar-refractivity contribution is -0.118. The van der Waals surface area contributed by atoms with Crippen molar-refractivity contribution in [2.45, 2.75) is 47.5 Å². The van der Waals surface area contributed by atoms with Gasteiger partial charge in [-0.3, -0.25) is 4.79 Å². The molecule has 1 saturated heterocycles. The van der Waals surface area contributed by atoms with E-state index in [1.807, 2.05) is 27.7 Å². The summed E-state index contributed by atoms with van der Waals surface area (Å²) in [5.41, 5.74) is 4.96. The van der Waals surface area contributed by atoms with Gasteiger partial charge in [-0.1, -0.05) is 24.6 Å². The Kier molecular flexibility index (Phi) is 6.17. The Bertz CT molecular complexity index is 835. The summed E-state index contributed by atoms with van der Waals surface area (Å²) in [5, 5.41) is 2.96. The van der Waals surface area contributed by atoms with Crippen molar-refractivity contribution in [1.29, 1.82) is 0 Å². The topological polar surface area (TPSA) is 67.3 Å². The van der Waals surface area contributed by atoms with Gasteiger partial charge in [0.2, 0.25) is 11.8 Å². The van der Waals surface area contributed by atoms with Gasteiger partial charge in [0.15, 0.2) is 6.61 Å². The lowest BCUT2D eigenvalue weighted by atomic mass is 10.00. The van der Waals surface area contributed by atoms with Gasteiger partial charge in [0, 0.05) is 30.5 Å². The highest BCUT2D eigenvalue weighted by molar-refractivity contribution is 5.93. The number of carbonyl (C=O) groups excluding carboxylic acids is 1. The van der Waals surface area contributed by atoms with Crippen molar-refractivity contribution < 1.29 is 9.53 Å². The number of amides is 1. The number of ether oxygens (including phenoxy) is 1. The van der Waals surface area contributed by atoms with Gasteiger partial charge in [0.25, 0.3) is 5.91 Å². The lowest BCUT2D eigenvalue weighted by Crippen LogP contribution is -2.34. The predicted octanol–water partition coefficient (Wildman–Crippen LogP) is 3.96. The smallest absolute Gasteiger partial charge is 0.262 e. The maximum Gasteiger partial charge on any atom is 0.262 e. The Morgan fingerprint density at radius 1 is 1.11 bits per heavy atom. The average Bonchev–Trinajstić information content (AvgIpc) is 2.63. The van der Waals surface area contributed by atoms with E-state index in [1.54, 1.807) is 6.07 Å². The minimum Gasteiger partial charge on any atom is -0.467 e. The highest BCUT2D eigenvalue weighted by Crippen LogP contribution is 2.23. The first kappa shape index (κ1) is 20.1. The van der Waals surface area contributed by atoms with Crippen LogP contribution in [0.3, 0.4) is 0 Å². The Morgan fingerprint density at radius 3 is 2.39 bits per heavy atom. The van der Waals surface area contributed by atoms with Crippen LogP contribution in [-0.2, 0) is 4.79 Å². The molecule has 1 amide bonds. The standard InChI is InChI=1S/C22H30N4O2/c1-14-6-8-26(9-7-14)22-23-18(5)12-20(25-22)28-13-19(27)24-21-16(3)10-15(2)11-17(21)4/h10-12,14H,6-9,13H2,1-5H3,(H,24,27). The Morgan fingerprint density at radius 2 is 1.75 bits per heavy atom. The van der Waals surface area contributed by atoms with Crippen molar-refractivity contribution in [2.75, 3.05) is 29.9 Å². The number of anilines is 2. The van der Waals surface area contributed by atoms with E-state index in [1.165, 1.54) is 5.56 Å². The Hall–Kier alpha value is -2.63. The summed E-state index contributed by atoms with van der Waals surface area (Å²) < 4.78 is 5.69. The predicted molar refractivity (Wildman–Crippen MR) is 112 cm³/mol. The van der Waals surface area contributed by atoms with E-state index in [0.717, 1.165) is 54.4 Å². The summed E-state index contributed by atoms with van der Waals surface area (Å²) in [6.45, 7) is 12.1. The zero-order chi connectivity index (χ0) is 20.3. The minimum atomic E-state index is -0.195. The normalized spacial score (nSPS) is 14.8. The molecule has 0 unspecified atom stereocenters. The molecular weight excluding hydrogens is 352 g/mol. The molecule has 0 atom stereocenters. The summed E-state index contributed by atoms with van der Waals surface area (Å²) in [4.78, 5) is 23.6. The summed E-state index contributed by atoms with van der Waals surface area (Å²) in [6, 6.07) is 5.89. The molecule has 0 aliphatic carbocycles. The van der Waals surface area contributed by atoms with Crippen LogP contribution in [0.2, 0.25) is 0 Å². The van der Waals surface area contributed by atoms with Crippen LogP contribution in [0.1, 0.15) is 42.1 Å². The maximum atomic E-state index is 12.4. The van der Waals surface area contributed by atoms with Gasteiger partial charge in [0.1, 0.15) is 0 Å². The summed E-state index contributed by atoms with van der Waals surface area (Å²) in [5.74, 6) is 1.68. The highest BCUT2D eigenvalue weighted by atomic mass is 16.5. The summed E-state index contributed by atoms with van der Waals surface area (Å²) in [7, 11) is 0. The minimum absolute atomic E-state index is 0.0836. The highest BCUT2D eigenvalue weighted by Gasteiger charge is 2.19. The van der Waals surface area contributed by atoms with Crippen LogP contribution in [0.5, 0.6) is 5.88 Å². The second kappa shape index (κ2) is 8.59. The zero-order valence-electron chi connectivity index (χ0n) is 17.5. The molecule has 3 rings (SSSR count). The number of hydrogen-bond donors (Lipinski definition) is 1. The van der Waals surface area contributed by atoms with Crippen molar-refractivity contribution >= 4 is 17.5 Å². The molecular formula is C22H30N4O2. The van der Waals surface area contributed by atoms with Crippen LogP contribution in [-0.4, -0.2) is 35.6 Å². The van der Waals surface area contributed by atoms with E-state index in [9.17, 15) is 4.79 Å². The monoisotopic (exact) mass is 382 g/mol. The van der Waals surface area contributed by atoms with Gasteiger partial charge in [-0.25, -0.2) is 4.98 Å². The van der Waals surface area contributed by atoms with Crippen LogP contribution in [0.4, 0.5) is 11.6 Å². The molecule has 1 aliphatic rings. The first-order chi connectivity index (χ1) is 13.3. The van der Waals surface area contributed by atoms with Crippen LogP contribution in [0.15, 0.2) is 18.2 Å². The third kappa shape index (κ3) is 5.00. The fourth-order valence-corrected chi connectivity index (χ4v) is 3.64. The van der Waals surface area contributed by atoms with E-state index in [4.69, 9.17) is 4.74 Å². The molecule has 6 heteroatoms. The molecule has 0 radical (unpaired) electrons. The van der Waals surface area contributed by atoms with Crippen LogP contribution < -0.4 is 15.0 Å². The molecule has 0 bridgehead atoms. The zero-order valence-corrected chi connectivity index (χ0v) is 17.5. The Balaban J connectivity index is 1.63. The van der Waals surface area contributed by atoms with Crippen molar-refractivity contribution in [3.8, 4) is 5.88 Å². The quantitative estimate of drug-likeness (QED) is 0.848. The molecule has 6 nitrogen and oxygen atoms in total. The fraction of sp³-hybridized carbons (Fsp3) is 0.500. The number of carbonyl (C=O) groups is 1. The fourth-order valence-electron chi connectivity index (χ4n) is 3.64. The molecule has 1 N–H and O–H groups in total. The second-order valence-corrected chi connectivity index (χ2v) is 7.93. The lowest BCUT2D eigenvalue weighted by Gasteiger charge is -2.30. The molecule has 1 aromatic carbocycles. The van der Waals surface area contributed by atoms with E-state index in [0.29, 0.717) is 11.8 Å². The third-order valence-electron chi connectivity index (χ3n) is 5.18. The molecule has 28 heavy (non-hydrogen) atoms. The molecule has 1 aliphatic heterocycles. The largest absolute Gasteiger partial charge is 0.467 e. The van der Waals surface area contributed by atoms with E-state index < -0.39 is 0 Å². The number of rotatable bonds is 5. The van der Waals surface area contributed by atoms with Crippen LogP contribution >= 0.6 is 0 Å². The Labute approximate surface area is 167 Å². The number of nitrogens with one attached hydrogen (secondary N) is 1. The van der Waals surface area contributed by atoms with Gasteiger partial charge < -0.3 is 15.0 Å². The van der Waals surface area contributed by atoms with Crippen LogP contribution in [0.25, 0.3) is 0 Å². The number of piperidine rings is 1. The number of hydrogen-bond acceptors (Lipinski definition) is 5. The number of nitrogens with zero attached hydrogens (tertiary/aromatic N) is 3. The summed E-state index contributed by atoms with van der Waals surface area (Å²) in [6.07, 6.45) is 2.29. The van der Waals surface area contributed by atoms with Gasteiger partial charge in [0.05, 0.1) is 0 Å². The molecule has 1 aromatic heterocycles. The SMILES string of the molecule is Cc1cc(C)c(NC(=O)COc2cc(C)nc(N3CCC(C)CC3)n2)c(C)c1. The molecule has 150 valence electrons. The van der Waals surface area contributed by atoms with E-state index >= 15 is 0 Å². The average molecular weight is 383 g/mol. The van der Waals surface area contributed by atoms with Gasteiger partial charge >= 0.3 is 0 Å². The third-order valence-corrected chi connectivity index (χ3v) is 5.18. The first-order valence-electron chi connectivity index (χ1n) is 9.93. The summed E-state index contributed by atoms with van der Waals surface area (Å²) >= 11 is 0. The first-order valence-corrected chi connectivity index (χ1v) is 9.93. The number of aromatic nitrogens is 2. The van der Waals surface area contributed by atoms with Crippen molar-refractivity contribution in [3.63, 3.8) is 0 Å². The van der Waals surface area contributed by atoms with Crippen LogP contribution in [0, 0.1) is 33.6 Å². The number of benzene rings is 1. The van der Waals surface area contributed by atoms with Crippen molar-refractivity contribution in [1.82, 2.24) is 9.97 Å². The maximum absolute atomic E-state index is 12.4. The number of aryl methyl sites for hydroxylation is 4. The molecule has 2 heterocycles. The molecule has 0 saturated carbocycles. The van der Waals surface area contributed by atoms with Crippen molar-refractivity contribution in [2.24, 2.45) is 5.92 Å². The molecule has 0 spiro atoms. The van der Waals surface area contributed by atoms with Crippen molar-refractivity contribution in [3.05, 3.63) is 40.6 Å². The van der Waals surface area contributed by atoms with Gasteiger partial charge in [-0.15, -0.1) is 0 Å². The van der Waals surface area contributed by atoms with Gasteiger partial charge in [-0.05, 0) is 57.6 Å². The van der Waals surface area contributed by atoms with Gasteiger partial charge in [-0.2, -0.15) is 4.98 Å². The van der Waals surface area contributed by atoms with E-state index in [-0.39, 0.29) is 12.5 Å².